The van der Waals surface area contributed by atoms with E-state index >= 15 is 0 Å². The standard InChI is InChI=1S/C34H39F4N5O6/c1-21(44)48-19-25(49-22(2)45)17-40-33(46)23-10-11-30(32(15-23)47-4)39-13-6-7-24-16-26-28(41-29-12-14-42(3)18-27(29)35)8-5-9-31(26)43(24)20-34(36,37)38/h5,8-11,15-16,25,27,29,39,41H,12-14,17-20H2,1-4H3,(H,40,46)/t25?,27-,29+/m0/s1. The fourth-order valence-electron chi connectivity index (χ4n) is 5.42. The number of fused-ring (bicyclic) bond motifs is 1. The Morgan fingerprint density at radius 1 is 1.08 bits per heavy atom. The molecule has 1 aliphatic heterocycles. The lowest BCUT2D eigenvalue weighted by atomic mass is 10.0. The van der Waals surface area contributed by atoms with E-state index in [2.05, 4.69) is 27.8 Å². The minimum Gasteiger partial charge on any atom is -0.495 e. The molecule has 0 aliphatic carbocycles. The highest BCUT2D eigenvalue weighted by molar-refractivity contribution is 5.95. The normalized spacial score (nSPS) is 17.0. The molecule has 11 nitrogen and oxygen atoms in total. The summed E-state index contributed by atoms with van der Waals surface area (Å²) in [4.78, 5) is 37.2. The Hall–Kier alpha value is -4.97. The monoisotopic (exact) mass is 689 g/mol. The van der Waals surface area contributed by atoms with Crippen molar-refractivity contribution in [2.75, 3.05) is 57.6 Å². The summed E-state index contributed by atoms with van der Waals surface area (Å²) in [5, 5.41) is 9.38. The smallest absolute Gasteiger partial charge is 0.406 e. The largest absolute Gasteiger partial charge is 0.495 e. The van der Waals surface area contributed by atoms with Crippen LogP contribution in [0.1, 0.15) is 36.3 Å². The average Bonchev–Trinajstić information content (AvgIpc) is 3.37. The number of methoxy groups -OCH3 is 1. The average molecular weight is 690 g/mol. The van der Waals surface area contributed by atoms with Crippen LogP contribution in [0.5, 0.6) is 5.75 Å². The van der Waals surface area contributed by atoms with E-state index in [0.29, 0.717) is 41.0 Å². The first kappa shape index (κ1) is 36.9. The molecule has 49 heavy (non-hydrogen) atoms. The van der Waals surface area contributed by atoms with Crippen molar-refractivity contribution in [1.29, 1.82) is 0 Å². The summed E-state index contributed by atoms with van der Waals surface area (Å²) < 4.78 is 72.1. The number of benzene rings is 2. The van der Waals surface area contributed by atoms with Crippen molar-refractivity contribution in [3.63, 3.8) is 0 Å². The van der Waals surface area contributed by atoms with E-state index in [9.17, 15) is 31.9 Å². The van der Waals surface area contributed by atoms with Crippen molar-refractivity contribution in [1.82, 2.24) is 14.8 Å². The van der Waals surface area contributed by atoms with Gasteiger partial charge in [0, 0.05) is 43.6 Å². The summed E-state index contributed by atoms with van der Waals surface area (Å²) in [7, 11) is 3.25. The molecule has 1 saturated heterocycles. The molecule has 1 fully saturated rings. The molecule has 1 amide bonds. The van der Waals surface area contributed by atoms with Crippen LogP contribution < -0.4 is 20.7 Å². The molecule has 2 heterocycles. The number of alkyl halides is 4. The van der Waals surface area contributed by atoms with Crippen LogP contribution in [0.2, 0.25) is 0 Å². The highest BCUT2D eigenvalue weighted by atomic mass is 19.4. The van der Waals surface area contributed by atoms with Crippen LogP contribution in [0.4, 0.5) is 28.9 Å². The molecule has 0 spiro atoms. The van der Waals surface area contributed by atoms with E-state index in [-0.39, 0.29) is 37.5 Å². The van der Waals surface area contributed by atoms with E-state index in [4.69, 9.17) is 14.2 Å². The quantitative estimate of drug-likeness (QED) is 0.145. The molecular weight excluding hydrogens is 650 g/mol. The lowest BCUT2D eigenvalue weighted by molar-refractivity contribution is -0.155. The summed E-state index contributed by atoms with van der Waals surface area (Å²) >= 11 is 0. The van der Waals surface area contributed by atoms with E-state index in [1.807, 2.05) is 11.9 Å². The third-order valence-corrected chi connectivity index (χ3v) is 7.71. The van der Waals surface area contributed by atoms with Gasteiger partial charge in [-0.25, -0.2) is 4.39 Å². The number of hydrogen-bond acceptors (Lipinski definition) is 9. The van der Waals surface area contributed by atoms with Crippen LogP contribution in [-0.2, 0) is 25.6 Å². The summed E-state index contributed by atoms with van der Waals surface area (Å²) in [6.45, 7) is 1.81. The fourth-order valence-corrected chi connectivity index (χ4v) is 5.42. The summed E-state index contributed by atoms with van der Waals surface area (Å²) in [6.07, 6.45) is -5.96. The van der Waals surface area contributed by atoms with Crippen molar-refractivity contribution in [3.05, 3.63) is 53.7 Å². The van der Waals surface area contributed by atoms with Gasteiger partial charge in [0.1, 0.15) is 25.1 Å². The molecule has 1 unspecified atom stereocenters. The van der Waals surface area contributed by atoms with Gasteiger partial charge in [0.05, 0.1) is 43.1 Å². The third-order valence-electron chi connectivity index (χ3n) is 7.71. The highest BCUT2D eigenvalue weighted by Gasteiger charge is 2.31. The number of carbonyl (C=O) groups excluding carboxylic acids is 3. The predicted molar refractivity (Wildman–Crippen MR) is 175 cm³/mol. The SMILES string of the molecule is COc1cc(C(=O)NCC(COC(C)=O)OC(C)=O)ccc1NCC#Cc1cc2c(N[C@@H]3CCN(C)C[C@@H]3F)cccc2n1CC(F)(F)F. The fraction of sp³-hybridized carbons (Fsp3) is 0.441. The number of amides is 1. The first-order chi connectivity index (χ1) is 23.2. The Morgan fingerprint density at radius 3 is 2.53 bits per heavy atom. The zero-order valence-electron chi connectivity index (χ0n) is 27.6. The second-order valence-electron chi connectivity index (χ2n) is 11.6. The summed E-state index contributed by atoms with van der Waals surface area (Å²) in [5.74, 6) is 4.32. The number of aromatic nitrogens is 1. The van der Waals surface area contributed by atoms with Gasteiger partial charge < -0.3 is 39.6 Å². The number of carbonyl (C=O) groups is 3. The third kappa shape index (κ3) is 10.5. The second-order valence-corrected chi connectivity index (χ2v) is 11.6. The van der Waals surface area contributed by atoms with Crippen LogP contribution in [0.25, 0.3) is 10.9 Å². The van der Waals surface area contributed by atoms with Gasteiger partial charge in [-0.05, 0) is 55.8 Å². The number of anilines is 2. The lowest BCUT2D eigenvalue weighted by Crippen LogP contribution is -2.46. The van der Waals surface area contributed by atoms with Crippen LogP contribution in [0.3, 0.4) is 0 Å². The van der Waals surface area contributed by atoms with Crippen molar-refractivity contribution in [3.8, 4) is 17.6 Å². The van der Waals surface area contributed by atoms with E-state index in [1.54, 1.807) is 30.3 Å². The molecule has 1 aromatic heterocycles. The van der Waals surface area contributed by atoms with E-state index in [1.165, 1.54) is 33.1 Å². The second kappa shape index (κ2) is 16.4. The topological polar surface area (TPSA) is 123 Å². The number of nitrogens with one attached hydrogen (secondary N) is 3. The highest BCUT2D eigenvalue weighted by Crippen LogP contribution is 2.32. The van der Waals surface area contributed by atoms with E-state index < -0.39 is 48.9 Å². The number of halogens is 4. The van der Waals surface area contributed by atoms with Gasteiger partial charge >= 0.3 is 18.1 Å². The molecule has 0 saturated carbocycles. The van der Waals surface area contributed by atoms with Crippen LogP contribution in [0, 0.1) is 11.8 Å². The van der Waals surface area contributed by atoms with E-state index in [0.717, 1.165) is 4.57 Å². The van der Waals surface area contributed by atoms with Gasteiger partial charge in [0.2, 0.25) is 0 Å². The summed E-state index contributed by atoms with van der Waals surface area (Å²) in [5.41, 5.74) is 1.70. The van der Waals surface area contributed by atoms with Crippen molar-refractivity contribution in [2.45, 2.75) is 51.3 Å². The molecule has 3 aromatic rings. The Bertz CT molecular complexity index is 1720. The van der Waals surface area contributed by atoms with Gasteiger partial charge in [-0.1, -0.05) is 12.0 Å². The Labute approximate surface area is 281 Å². The van der Waals surface area contributed by atoms with Crippen molar-refractivity contribution in [2.24, 2.45) is 0 Å². The van der Waals surface area contributed by atoms with Gasteiger partial charge in [0.25, 0.3) is 5.91 Å². The van der Waals surface area contributed by atoms with Crippen LogP contribution in [-0.4, -0.2) is 98.7 Å². The molecule has 3 atom stereocenters. The first-order valence-electron chi connectivity index (χ1n) is 15.5. The van der Waals surface area contributed by atoms with Crippen molar-refractivity contribution >= 4 is 40.1 Å². The zero-order valence-corrected chi connectivity index (χ0v) is 27.6. The number of esters is 2. The maximum atomic E-state index is 14.8. The van der Waals surface area contributed by atoms with Crippen LogP contribution in [0.15, 0.2) is 42.5 Å². The zero-order chi connectivity index (χ0) is 35.7. The Kier molecular flexibility index (Phi) is 12.4. The number of rotatable bonds is 12. The molecule has 1 aliphatic rings. The first-order valence-corrected chi connectivity index (χ1v) is 15.5. The molecular formula is C34H39F4N5O6. The number of hydrogen-bond donors (Lipinski definition) is 3. The molecule has 4 rings (SSSR count). The number of nitrogens with zero attached hydrogens (tertiary/aromatic N) is 2. The molecule has 3 N–H and O–H groups in total. The molecule has 264 valence electrons. The van der Waals surface area contributed by atoms with Gasteiger partial charge in [0.15, 0.2) is 6.10 Å². The van der Waals surface area contributed by atoms with Gasteiger partial charge in [-0.2, -0.15) is 13.2 Å². The molecule has 2 aromatic carbocycles. The Balaban J connectivity index is 1.47. The number of ether oxygens (including phenoxy) is 3. The molecule has 15 heteroatoms. The molecule has 0 bridgehead atoms. The van der Waals surface area contributed by atoms with Gasteiger partial charge in [-0.3, -0.25) is 14.4 Å². The maximum absolute atomic E-state index is 14.8. The lowest BCUT2D eigenvalue weighted by Gasteiger charge is -2.33. The predicted octanol–water partition coefficient (Wildman–Crippen LogP) is 4.35. The maximum Gasteiger partial charge on any atom is 0.406 e. The number of piperidine rings is 1. The van der Waals surface area contributed by atoms with Gasteiger partial charge in [-0.15, -0.1) is 0 Å². The minimum absolute atomic E-state index is 0.0277. The molecule has 0 radical (unpaired) electrons. The van der Waals surface area contributed by atoms with Crippen molar-refractivity contribution < 1.29 is 46.2 Å². The van der Waals surface area contributed by atoms with Crippen LogP contribution >= 0.6 is 0 Å². The minimum atomic E-state index is -4.51. The summed E-state index contributed by atoms with van der Waals surface area (Å²) in [6, 6.07) is 10.6. The Morgan fingerprint density at radius 2 is 1.86 bits per heavy atom. The number of likely N-dealkylation sites (tertiary alicyclic amines) is 1.